The molecule has 0 bridgehead atoms. The SMILES string of the molecule is CCCC(SCCCF)C(=O)OCC(C)C. The van der Waals surface area contributed by atoms with Crippen LogP contribution in [0.4, 0.5) is 4.39 Å². The van der Waals surface area contributed by atoms with E-state index < -0.39 is 0 Å². The van der Waals surface area contributed by atoms with Gasteiger partial charge in [-0.15, -0.1) is 11.8 Å². The molecule has 0 aliphatic carbocycles. The number of carbonyl (C=O) groups is 1. The third-order valence-corrected chi connectivity index (χ3v) is 3.32. The van der Waals surface area contributed by atoms with Gasteiger partial charge in [-0.3, -0.25) is 9.18 Å². The van der Waals surface area contributed by atoms with E-state index >= 15 is 0 Å². The lowest BCUT2D eigenvalue weighted by molar-refractivity contribution is -0.144. The Hall–Kier alpha value is -0.250. The summed E-state index contributed by atoms with van der Waals surface area (Å²) in [5.41, 5.74) is 0. The number of esters is 1. The predicted molar refractivity (Wildman–Crippen MR) is 67.5 cm³/mol. The second-order valence-corrected chi connectivity index (χ2v) is 5.53. The quantitative estimate of drug-likeness (QED) is 0.463. The maximum Gasteiger partial charge on any atom is 0.319 e. The molecule has 0 N–H and O–H groups in total. The lowest BCUT2D eigenvalue weighted by Gasteiger charge is -2.15. The third kappa shape index (κ3) is 7.97. The van der Waals surface area contributed by atoms with Gasteiger partial charge in [-0.1, -0.05) is 27.2 Å². The Bertz CT molecular complexity index is 186. The van der Waals surface area contributed by atoms with Crippen LogP contribution < -0.4 is 0 Å². The molecule has 0 rings (SSSR count). The van der Waals surface area contributed by atoms with Gasteiger partial charge < -0.3 is 4.74 Å². The first-order valence-electron chi connectivity index (χ1n) is 5.96. The summed E-state index contributed by atoms with van der Waals surface area (Å²) in [6.45, 7) is 6.23. The maximum absolute atomic E-state index is 12.0. The van der Waals surface area contributed by atoms with Crippen LogP contribution in [0.3, 0.4) is 0 Å². The van der Waals surface area contributed by atoms with Crippen molar-refractivity contribution in [1.29, 1.82) is 0 Å². The first-order chi connectivity index (χ1) is 7.61. The van der Waals surface area contributed by atoms with Crippen LogP contribution in [0.15, 0.2) is 0 Å². The third-order valence-electron chi connectivity index (χ3n) is 1.97. The Morgan fingerprint density at radius 3 is 2.62 bits per heavy atom. The Morgan fingerprint density at radius 2 is 2.12 bits per heavy atom. The van der Waals surface area contributed by atoms with Gasteiger partial charge in [-0.2, -0.15) is 0 Å². The molecule has 1 unspecified atom stereocenters. The van der Waals surface area contributed by atoms with E-state index in [0.717, 1.165) is 12.8 Å². The van der Waals surface area contributed by atoms with Crippen LogP contribution in [-0.2, 0) is 9.53 Å². The van der Waals surface area contributed by atoms with Gasteiger partial charge in [-0.05, 0) is 24.5 Å². The van der Waals surface area contributed by atoms with E-state index in [1.54, 1.807) is 0 Å². The van der Waals surface area contributed by atoms with Crippen molar-refractivity contribution in [3.63, 3.8) is 0 Å². The average Bonchev–Trinajstić information content (AvgIpc) is 2.25. The van der Waals surface area contributed by atoms with Gasteiger partial charge in [0.2, 0.25) is 0 Å². The van der Waals surface area contributed by atoms with Crippen molar-refractivity contribution < 1.29 is 13.9 Å². The van der Waals surface area contributed by atoms with E-state index in [2.05, 4.69) is 0 Å². The highest BCUT2D eigenvalue weighted by Gasteiger charge is 2.19. The molecule has 0 heterocycles. The van der Waals surface area contributed by atoms with E-state index in [-0.39, 0.29) is 17.9 Å². The molecule has 16 heavy (non-hydrogen) atoms. The predicted octanol–water partition coefficient (Wildman–Crippen LogP) is 3.45. The standard InChI is InChI=1S/C12H23FO2S/c1-4-6-11(16-8-5-7-13)12(14)15-9-10(2)3/h10-11H,4-9H2,1-3H3. The number of alkyl halides is 1. The molecule has 0 aliphatic rings. The first-order valence-corrected chi connectivity index (χ1v) is 7.00. The molecular weight excluding hydrogens is 227 g/mol. The minimum atomic E-state index is -0.313. The Kier molecular flexibility index (Phi) is 9.78. The molecule has 4 heteroatoms. The zero-order valence-corrected chi connectivity index (χ0v) is 11.3. The highest BCUT2D eigenvalue weighted by Crippen LogP contribution is 2.19. The number of rotatable bonds is 9. The molecule has 0 saturated heterocycles. The molecule has 0 amide bonds. The second kappa shape index (κ2) is 9.94. The van der Waals surface area contributed by atoms with Crippen molar-refractivity contribution in [2.75, 3.05) is 19.0 Å². The monoisotopic (exact) mass is 250 g/mol. The number of halogens is 1. The van der Waals surface area contributed by atoms with Crippen LogP contribution in [0.2, 0.25) is 0 Å². The topological polar surface area (TPSA) is 26.3 Å². The summed E-state index contributed by atoms with van der Waals surface area (Å²) in [6, 6.07) is 0. The zero-order valence-electron chi connectivity index (χ0n) is 10.5. The fraction of sp³-hybridized carbons (Fsp3) is 0.917. The highest BCUT2D eigenvalue weighted by atomic mass is 32.2. The van der Waals surface area contributed by atoms with Crippen LogP contribution >= 0.6 is 11.8 Å². The van der Waals surface area contributed by atoms with E-state index in [0.29, 0.717) is 24.7 Å². The summed E-state index contributed by atoms with van der Waals surface area (Å²) < 4.78 is 17.2. The summed E-state index contributed by atoms with van der Waals surface area (Å²) in [4.78, 5) is 11.7. The van der Waals surface area contributed by atoms with E-state index in [9.17, 15) is 9.18 Å². The second-order valence-electron chi connectivity index (χ2n) is 4.21. The summed E-state index contributed by atoms with van der Waals surface area (Å²) >= 11 is 1.52. The molecule has 0 aromatic heterocycles. The molecule has 2 nitrogen and oxygen atoms in total. The summed E-state index contributed by atoms with van der Waals surface area (Å²) in [5, 5.41) is -0.115. The lowest BCUT2D eigenvalue weighted by Crippen LogP contribution is -2.22. The van der Waals surface area contributed by atoms with Gasteiger partial charge in [0.05, 0.1) is 13.3 Å². The zero-order chi connectivity index (χ0) is 12.4. The fourth-order valence-electron chi connectivity index (χ4n) is 1.15. The lowest BCUT2D eigenvalue weighted by atomic mass is 10.2. The van der Waals surface area contributed by atoms with Crippen molar-refractivity contribution in [2.24, 2.45) is 5.92 Å². The Morgan fingerprint density at radius 1 is 1.44 bits per heavy atom. The van der Waals surface area contributed by atoms with Crippen LogP contribution in [0, 0.1) is 5.92 Å². The molecular formula is C12H23FO2S. The molecule has 0 saturated carbocycles. The van der Waals surface area contributed by atoms with E-state index in [1.807, 2.05) is 20.8 Å². The fourth-order valence-corrected chi connectivity index (χ4v) is 2.32. The molecule has 1 atom stereocenters. The maximum atomic E-state index is 12.0. The summed E-state index contributed by atoms with van der Waals surface area (Å²) in [6.07, 6.45) is 2.28. The Balaban J connectivity index is 3.92. The molecule has 0 spiro atoms. The average molecular weight is 250 g/mol. The van der Waals surface area contributed by atoms with Crippen molar-refractivity contribution in [3.05, 3.63) is 0 Å². The van der Waals surface area contributed by atoms with Crippen LogP contribution in [0.5, 0.6) is 0 Å². The number of carbonyl (C=O) groups excluding carboxylic acids is 1. The minimum absolute atomic E-state index is 0.115. The Labute approximate surface area is 102 Å². The molecule has 0 aromatic rings. The molecule has 0 fully saturated rings. The van der Waals surface area contributed by atoms with Crippen molar-refractivity contribution in [1.82, 2.24) is 0 Å². The van der Waals surface area contributed by atoms with Gasteiger partial charge in [-0.25, -0.2) is 0 Å². The number of hydrogen-bond donors (Lipinski definition) is 0. The number of ether oxygens (including phenoxy) is 1. The largest absolute Gasteiger partial charge is 0.465 e. The highest BCUT2D eigenvalue weighted by molar-refractivity contribution is 8.00. The van der Waals surface area contributed by atoms with E-state index in [4.69, 9.17) is 4.74 Å². The van der Waals surface area contributed by atoms with Gasteiger partial charge in [0.25, 0.3) is 0 Å². The molecule has 0 aliphatic heterocycles. The van der Waals surface area contributed by atoms with Gasteiger partial charge in [0.15, 0.2) is 0 Å². The first kappa shape index (κ1) is 15.8. The molecule has 0 aromatic carbocycles. The van der Waals surface area contributed by atoms with Crippen molar-refractivity contribution >= 4 is 17.7 Å². The van der Waals surface area contributed by atoms with Crippen molar-refractivity contribution in [3.8, 4) is 0 Å². The van der Waals surface area contributed by atoms with Gasteiger partial charge in [0, 0.05) is 0 Å². The van der Waals surface area contributed by atoms with E-state index in [1.165, 1.54) is 11.8 Å². The molecule has 96 valence electrons. The molecule has 0 radical (unpaired) electrons. The van der Waals surface area contributed by atoms with Crippen molar-refractivity contribution in [2.45, 2.75) is 45.3 Å². The number of hydrogen-bond acceptors (Lipinski definition) is 3. The van der Waals surface area contributed by atoms with Crippen LogP contribution in [-0.4, -0.2) is 30.3 Å². The van der Waals surface area contributed by atoms with Crippen LogP contribution in [0.1, 0.15) is 40.0 Å². The minimum Gasteiger partial charge on any atom is -0.465 e. The smallest absolute Gasteiger partial charge is 0.319 e. The van der Waals surface area contributed by atoms with Gasteiger partial charge >= 0.3 is 5.97 Å². The summed E-state index contributed by atoms with van der Waals surface area (Å²) in [5.74, 6) is 0.916. The normalized spacial score (nSPS) is 12.8. The number of thioether (sulfide) groups is 1. The van der Waals surface area contributed by atoms with Gasteiger partial charge in [0.1, 0.15) is 5.25 Å². The van der Waals surface area contributed by atoms with Crippen LogP contribution in [0.25, 0.3) is 0 Å². The summed E-state index contributed by atoms with van der Waals surface area (Å²) in [7, 11) is 0.